The SMILES string of the molecule is O=C(O)CCC(NC(=O)NC(CCCCNC(=O)CCCCCCC(=O)NC(CCCCNC(=O)CN1CCN(CC(=O)O)CCN(CC(=O)O)CCN(CC(=O)O)CC1)C(=O)OCc1ccccc1)C(=O)O)C(=O)O.[Ga]. The zero-order chi connectivity index (χ0) is 56.3. The Morgan fingerprint density at radius 2 is 0.857 bits per heavy atom. The fourth-order valence-corrected chi connectivity index (χ4v) is 7.94. The maximum Gasteiger partial charge on any atom is 0.328 e. The van der Waals surface area contributed by atoms with E-state index in [1.807, 2.05) is 11.0 Å². The van der Waals surface area contributed by atoms with Gasteiger partial charge in [0.1, 0.15) is 24.7 Å². The summed E-state index contributed by atoms with van der Waals surface area (Å²) in [5, 5.41) is 68.5. The zero-order valence-corrected chi connectivity index (χ0v) is 46.0. The van der Waals surface area contributed by atoms with E-state index in [0.717, 1.165) is 5.56 Å². The molecule has 0 saturated carbocycles. The monoisotopic (exact) mass is 1150 g/mol. The van der Waals surface area contributed by atoms with Crippen LogP contribution in [0.25, 0.3) is 0 Å². The van der Waals surface area contributed by atoms with Crippen LogP contribution < -0.4 is 26.6 Å². The summed E-state index contributed by atoms with van der Waals surface area (Å²) in [5.41, 5.74) is 0.759. The van der Waals surface area contributed by atoms with Crippen LogP contribution in [0.3, 0.4) is 0 Å². The van der Waals surface area contributed by atoms with Gasteiger partial charge < -0.3 is 62.0 Å². The number of rotatable bonds is 36. The number of carbonyl (C=O) groups is 11. The average Bonchev–Trinajstić information content (AvgIpc) is 3.34. The Balaban J connectivity index is 0.0000296. The molecule has 1 fully saturated rings. The molecule has 3 radical (unpaired) electrons. The Kier molecular flexibility index (Phi) is 35.6. The molecule has 0 aromatic heterocycles. The van der Waals surface area contributed by atoms with Crippen molar-refractivity contribution >= 4 is 85.3 Å². The molecule has 1 heterocycles. The Labute approximate surface area is 460 Å². The third-order valence-corrected chi connectivity index (χ3v) is 12.1. The molecule has 0 aliphatic carbocycles. The molecule has 1 aliphatic rings. The molecule has 0 bridgehead atoms. The van der Waals surface area contributed by atoms with E-state index in [-0.39, 0.29) is 161 Å². The number of ether oxygens (including phenoxy) is 1. The van der Waals surface area contributed by atoms with Crippen molar-refractivity contribution in [1.82, 2.24) is 46.2 Å². The number of carbonyl (C=O) groups excluding carboxylic acids is 5. The van der Waals surface area contributed by atoms with Gasteiger partial charge in [-0.25, -0.2) is 19.2 Å². The molecular formula is C49H77GaN9O18. The summed E-state index contributed by atoms with van der Waals surface area (Å²) < 4.78 is 5.55. The number of urea groups is 1. The van der Waals surface area contributed by atoms with Crippen LogP contribution in [0.15, 0.2) is 30.3 Å². The van der Waals surface area contributed by atoms with Crippen LogP contribution in [0, 0.1) is 0 Å². The summed E-state index contributed by atoms with van der Waals surface area (Å²) in [6, 6.07) is 4.11. The van der Waals surface area contributed by atoms with E-state index in [0.29, 0.717) is 51.4 Å². The molecule has 5 amide bonds. The number of carboxylic acid groups (broad SMARTS) is 6. The minimum absolute atomic E-state index is 0. The van der Waals surface area contributed by atoms with Crippen LogP contribution in [0.2, 0.25) is 0 Å². The van der Waals surface area contributed by atoms with Crippen LogP contribution in [-0.4, -0.2) is 245 Å². The summed E-state index contributed by atoms with van der Waals surface area (Å²) in [5.74, 6) is -8.79. The van der Waals surface area contributed by atoms with Gasteiger partial charge in [0.05, 0.1) is 26.2 Å². The van der Waals surface area contributed by atoms with Crippen LogP contribution in [0.4, 0.5) is 4.79 Å². The largest absolute Gasteiger partial charge is 0.481 e. The van der Waals surface area contributed by atoms with Crippen molar-refractivity contribution in [3.8, 4) is 0 Å². The molecule has 0 spiro atoms. The number of nitrogens with one attached hydrogen (secondary N) is 5. The van der Waals surface area contributed by atoms with Crippen LogP contribution in [-0.2, 0) is 59.3 Å². The molecule has 11 N–H and O–H groups in total. The standard InChI is InChI=1S/C49H77N9O18.Ga/c59-39(50-20-10-8-14-36(46(70)71)53-49(75)54-37(47(72)73)18-19-42(62)63)16-6-1-2-7-17-40(60)52-38(48(74)76-34-35-12-4-3-5-13-35)15-9-11-21-51-41(61)30-55-22-24-56(31-43(64)65)26-28-58(33-45(68)69)29-27-57(25-23-55)32-44(66)67;/h3-5,12-13,36-38H,1-2,6-11,14-34H2,(H,50,59)(H,51,61)(H,52,60)(H,62,63)(H,64,65)(H,66,67)(H,68,69)(H,70,71)(H,72,73)(H2,53,54,75);. The van der Waals surface area contributed by atoms with Crippen LogP contribution in [0.1, 0.15) is 95.5 Å². The predicted molar refractivity (Wildman–Crippen MR) is 275 cm³/mol. The summed E-state index contributed by atoms with van der Waals surface area (Å²) >= 11 is 0. The minimum atomic E-state index is -1.53. The number of amides is 5. The van der Waals surface area contributed by atoms with Gasteiger partial charge in [0.2, 0.25) is 17.7 Å². The molecule has 1 aromatic rings. The fraction of sp³-hybridized carbons (Fsp3) is 0.653. The van der Waals surface area contributed by atoms with Gasteiger partial charge in [-0.3, -0.25) is 53.2 Å². The smallest absolute Gasteiger partial charge is 0.328 e. The predicted octanol–water partition coefficient (Wildman–Crippen LogP) is -0.707. The maximum atomic E-state index is 13.3. The van der Waals surface area contributed by atoms with Crippen molar-refractivity contribution in [2.45, 2.75) is 115 Å². The summed E-state index contributed by atoms with van der Waals surface area (Å²) in [6.07, 6.45) is 3.48. The molecule has 28 heteroatoms. The first-order chi connectivity index (χ1) is 36.2. The van der Waals surface area contributed by atoms with Crippen molar-refractivity contribution in [3.63, 3.8) is 0 Å². The van der Waals surface area contributed by atoms with Gasteiger partial charge in [-0.15, -0.1) is 0 Å². The number of nitrogens with zero attached hydrogens (tertiary/aromatic N) is 4. The third kappa shape index (κ3) is 34.1. The summed E-state index contributed by atoms with van der Waals surface area (Å²) in [6.45, 7) is 1.60. The first-order valence-corrected chi connectivity index (χ1v) is 25.5. The fourth-order valence-electron chi connectivity index (χ4n) is 7.94. The van der Waals surface area contributed by atoms with Crippen molar-refractivity contribution in [1.29, 1.82) is 0 Å². The molecule has 429 valence electrons. The number of aliphatic carboxylic acids is 6. The van der Waals surface area contributed by atoms with Crippen molar-refractivity contribution < 1.29 is 88.1 Å². The van der Waals surface area contributed by atoms with E-state index in [4.69, 9.17) is 9.84 Å². The molecule has 27 nitrogen and oxygen atoms in total. The van der Waals surface area contributed by atoms with Gasteiger partial charge in [0.25, 0.3) is 0 Å². The van der Waals surface area contributed by atoms with E-state index >= 15 is 0 Å². The number of carboxylic acids is 6. The van der Waals surface area contributed by atoms with E-state index in [1.54, 1.807) is 39.0 Å². The topological polar surface area (TPSA) is 391 Å². The van der Waals surface area contributed by atoms with E-state index < -0.39 is 78.8 Å². The Morgan fingerprint density at radius 3 is 1.30 bits per heavy atom. The number of esters is 1. The number of benzene rings is 1. The van der Waals surface area contributed by atoms with Gasteiger partial charge >= 0.3 is 47.8 Å². The minimum Gasteiger partial charge on any atom is -0.481 e. The molecule has 1 saturated heterocycles. The first-order valence-electron chi connectivity index (χ1n) is 25.5. The maximum absolute atomic E-state index is 13.3. The van der Waals surface area contributed by atoms with Gasteiger partial charge in [-0.05, 0) is 63.4 Å². The zero-order valence-electron chi connectivity index (χ0n) is 43.6. The second kappa shape index (κ2) is 40.0. The van der Waals surface area contributed by atoms with Crippen molar-refractivity contribution in [2.75, 3.05) is 91.6 Å². The molecular weight excluding hydrogens is 1070 g/mol. The van der Waals surface area contributed by atoms with Gasteiger partial charge in [0, 0.05) is 105 Å². The first kappa shape index (κ1) is 68.7. The van der Waals surface area contributed by atoms with Crippen LogP contribution >= 0.6 is 0 Å². The van der Waals surface area contributed by atoms with Gasteiger partial charge in [-0.2, -0.15) is 0 Å². The summed E-state index contributed by atoms with van der Waals surface area (Å²) in [4.78, 5) is 139. The van der Waals surface area contributed by atoms with E-state index in [1.165, 1.54) is 0 Å². The Morgan fingerprint density at radius 1 is 0.442 bits per heavy atom. The molecule has 77 heavy (non-hydrogen) atoms. The second-order valence-electron chi connectivity index (χ2n) is 18.4. The molecule has 3 atom stereocenters. The molecule has 1 aliphatic heterocycles. The second-order valence-corrected chi connectivity index (χ2v) is 18.4. The third-order valence-electron chi connectivity index (χ3n) is 12.1. The summed E-state index contributed by atoms with van der Waals surface area (Å²) in [7, 11) is 0. The Hall–Kier alpha value is -6.33. The van der Waals surface area contributed by atoms with Crippen molar-refractivity contribution in [3.05, 3.63) is 35.9 Å². The number of hydrogen-bond acceptors (Lipinski definition) is 16. The van der Waals surface area contributed by atoms with Gasteiger partial charge in [0.15, 0.2) is 0 Å². The van der Waals surface area contributed by atoms with Gasteiger partial charge in [-0.1, -0.05) is 43.2 Å². The molecule has 3 unspecified atom stereocenters. The van der Waals surface area contributed by atoms with E-state index in [9.17, 15) is 78.3 Å². The van der Waals surface area contributed by atoms with Crippen molar-refractivity contribution in [2.24, 2.45) is 0 Å². The quantitative estimate of drug-likeness (QED) is 0.0225. The van der Waals surface area contributed by atoms with Crippen LogP contribution in [0.5, 0.6) is 0 Å². The number of hydrogen-bond donors (Lipinski definition) is 11. The van der Waals surface area contributed by atoms with E-state index in [2.05, 4.69) is 26.6 Å². The molecule has 2 rings (SSSR count). The number of unbranched alkanes of at least 4 members (excludes halogenated alkanes) is 5. The Bertz CT molecular complexity index is 2010. The average molecular weight is 1150 g/mol. The molecule has 1 aromatic carbocycles. The normalized spacial score (nSPS) is 15.1.